The minimum Gasteiger partial charge on any atom is -0.378 e. The van der Waals surface area contributed by atoms with Gasteiger partial charge in [0.05, 0.1) is 12.1 Å². The monoisotopic (exact) mass is 310 g/mol. The Morgan fingerprint density at radius 1 is 1.32 bits per heavy atom. The third-order valence-electron chi connectivity index (χ3n) is 4.20. The molecule has 0 radical (unpaired) electrons. The Labute approximate surface area is 136 Å². The van der Waals surface area contributed by atoms with Crippen molar-refractivity contribution in [2.45, 2.75) is 59.6 Å². The fraction of sp³-hybridized carbons (Fsp3) is 0.833. The topological polar surface area (TPSA) is 32.8 Å². The molecule has 0 aromatic carbocycles. The summed E-state index contributed by atoms with van der Waals surface area (Å²) < 4.78 is 5.92. The molecule has 1 fully saturated rings. The summed E-state index contributed by atoms with van der Waals surface area (Å²) in [6.45, 7) is 18.4. The van der Waals surface area contributed by atoms with E-state index in [0.717, 1.165) is 44.7 Å². The molecule has 0 saturated carbocycles. The van der Waals surface area contributed by atoms with Crippen molar-refractivity contribution in [3.8, 4) is 0 Å². The lowest BCUT2D eigenvalue weighted by Crippen LogP contribution is -2.50. The average molecular weight is 310 g/mol. The lowest BCUT2D eigenvalue weighted by Gasteiger charge is -2.37. The van der Waals surface area contributed by atoms with Gasteiger partial charge < -0.3 is 9.64 Å². The Morgan fingerprint density at radius 3 is 2.36 bits per heavy atom. The molecule has 1 saturated heterocycles. The molecule has 1 amide bonds. The van der Waals surface area contributed by atoms with Gasteiger partial charge in [0.2, 0.25) is 5.91 Å². The van der Waals surface area contributed by atoms with Crippen LogP contribution in [0.1, 0.15) is 47.5 Å². The van der Waals surface area contributed by atoms with E-state index in [0.29, 0.717) is 18.6 Å². The van der Waals surface area contributed by atoms with Gasteiger partial charge in [-0.25, -0.2) is 0 Å². The predicted octanol–water partition coefficient (Wildman–Crippen LogP) is 2.94. The first-order valence-electron chi connectivity index (χ1n) is 8.63. The average Bonchev–Trinajstić information content (AvgIpc) is 2.49. The maximum atomic E-state index is 12.6. The van der Waals surface area contributed by atoms with Crippen molar-refractivity contribution in [2.24, 2.45) is 5.92 Å². The number of amides is 1. The molecule has 4 nitrogen and oxygen atoms in total. The number of ether oxygens (including phenoxy) is 1. The molecule has 128 valence electrons. The summed E-state index contributed by atoms with van der Waals surface area (Å²) in [7, 11) is 0. The molecular formula is C18H34N2O2. The number of hydrogen-bond donors (Lipinski definition) is 0. The number of nitrogens with zero attached hydrogens (tertiary/aromatic N) is 2. The van der Waals surface area contributed by atoms with Gasteiger partial charge in [0.15, 0.2) is 0 Å². The molecule has 1 rings (SSSR count). The minimum absolute atomic E-state index is 0.0506. The Kier molecular flexibility index (Phi) is 8.12. The Balaban J connectivity index is 2.45. The van der Waals surface area contributed by atoms with Gasteiger partial charge in [-0.2, -0.15) is 0 Å². The lowest BCUT2D eigenvalue weighted by molar-refractivity contribution is -0.137. The van der Waals surface area contributed by atoms with Crippen molar-refractivity contribution in [1.82, 2.24) is 9.80 Å². The summed E-state index contributed by atoms with van der Waals surface area (Å²) in [5, 5.41) is 0. The quantitative estimate of drug-likeness (QED) is 0.646. The van der Waals surface area contributed by atoms with Crippen LogP contribution < -0.4 is 0 Å². The van der Waals surface area contributed by atoms with Gasteiger partial charge in [-0.05, 0) is 39.5 Å². The van der Waals surface area contributed by atoms with E-state index in [4.69, 9.17) is 4.74 Å². The maximum Gasteiger partial charge on any atom is 0.239 e. The van der Waals surface area contributed by atoms with E-state index in [2.05, 4.69) is 25.3 Å². The molecule has 1 heterocycles. The number of carbonyl (C=O) groups is 1. The minimum atomic E-state index is -0.0506. The second-order valence-electron chi connectivity index (χ2n) is 6.95. The van der Waals surface area contributed by atoms with Crippen LogP contribution in [0.25, 0.3) is 0 Å². The highest BCUT2D eigenvalue weighted by molar-refractivity contribution is 5.81. The van der Waals surface area contributed by atoms with Gasteiger partial charge in [-0.15, -0.1) is 0 Å². The first-order chi connectivity index (χ1) is 10.3. The van der Waals surface area contributed by atoms with E-state index < -0.39 is 0 Å². The molecule has 0 aliphatic carbocycles. The largest absolute Gasteiger partial charge is 0.378 e. The molecule has 22 heavy (non-hydrogen) atoms. The van der Waals surface area contributed by atoms with Crippen LogP contribution in [-0.2, 0) is 9.53 Å². The third kappa shape index (κ3) is 6.09. The molecule has 1 unspecified atom stereocenters. The van der Waals surface area contributed by atoms with Gasteiger partial charge in [-0.3, -0.25) is 9.69 Å². The van der Waals surface area contributed by atoms with Crippen LogP contribution in [-0.4, -0.2) is 60.6 Å². The highest BCUT2D eigenvalue weighted by atomic mass is 16.5. The van der Waals surface area contributed by atoms with Crippen molar-refractivity contribution >= 4 is 5.91 Å². The van der Waals surface area contributed by atoms with E-state index in [1.54, 1.807) is 0 Å². The fourth-order valence-electron chi connectivity index (χ4n) is 2.85. The number of likely N-dealkylation sites (tertiary alicyclic amines) is 1. The zero-order valence-corrected chi connectivity index (χ0v) is 15.1. The van der Waals surface area contributed by atoms with Crippen molar-refractivity contribution in [3.63, 3.8) is 0 Å². The Morgan fingerprint density at radius 2 is 1.91 bits per heavy atom. The van der Waals surface area contributed by atoms with Crippen LogP contribution >= 0.6 is 0 Å². The summed E-state index contributed by atoms with van der Waals surface area (Å²) in [6.07, 6.45) is 2.41. The van der Waals surface area contributed by atoms with Gasteiger partial charge in [0, 0.05) is 32.8 Å². The van der Waals surface area contributed by atoms with Gasteiger partial charge >= 0.3 is 0 Å². The Hall–Kier alpha value is -0.870. The normalized spacial score (nSPS) is 18.5. The van der Waals surface area contributed by atoms with Crippen molar-refractivity contribution < 1.29 is 9.53 Å². The van der Waals surface area contributed by atoms with E-state index in [-0.39, 0.29) is 11.9 Å². The summed E-state index contributed by atoms with van der Waals surface area (Å²) in [4.78, 5) is 16.8. The lowest BCUT2D eigenvalue weighted by atomic mass is 10.0. The molecule has 0 spiro atoms. The van der Waals surface area contributed by atoms with Crippen LogP contribution in [0.4, 0.5) is 0 Å². The SMILES string of the molecule is C=C(C)CN(CC)C(=O)C(C)N1CCC(OCC(C)C)CC1. The van der Waals surface area contributed by atoms with E-state index >= 15 is 0 Å². The zero-order chi connectivity index (χ0) is 16.7. The van der Waals surface area contributed by atoms with Crippen LogP contribution in [0.15, 0.2) is 12.2 Å². The molecular weight excluding hydrogens is 276 g/mol. The van der Waals surface area contributed by atoms with Crippen LogP contribution in [0, 0.1) is 5.92 Å². The molecule has 1 atom stereocenters. The van der Waals surface area contributed by atoms with Gasteiger partial charge in [0.1, 0.15) is 0 Å². The smallest absolute Gasteiger partial charge is 0.239 e. The second-order valence-corrected chi connectivity index (χ2v) is 6.95. The summed E-state index contributed by atoms with van der Waals surface area (Å²) >= 11 is 0. The third-order valence-corrected chi connectivity index (χ3v) is 4.20. The maximum absolute atomic E-state index is 12.6. The highest BCUT2D eigenvalue weighted by Crippen LogP contribution is 2.18. The molecule has 0 bridgehead atoms. The van der Waals surface area contributed by atoms with Crippen LogP contribution in [0.3, 0.4) is 0 Å². The standard InChI is InChI=1S/C18H34N2O2/c1-7-19(12-14(2)3)18(21)16(6)20-10-8-17(9-11-20)22-13-15(4)5/h15-17H,2,7-13H2,1,3-6H3. The number of hydrogen-bond acceptors (Lipinski definition) is 3. The van der Waals surface area contributed by atoms with Crippen LogP contribution in [0.5, 0.6) is 0 Å². The Bertz CT molecular complexity index is 360. The van der Waals surface area contributed by atoms with Gasteiger partial charge in [-0.1, -0.05) is 26.0 Å². The first kappa shape index (κ1) is 19.2. The number of likely N-dealkylation sites (N-methyl/N-ethyl adjacent to an activating group) is 1. The summed E-state index contributed by atoms with van der Waals surface area (Å²) in [5.41, 5.74) is 1.03. The number of carbonyl (C=O) groups excluding carboxylic acids is 1. The number of piperidine rings is 1. The fourth-order valence-corrected chi connectivity index (χ4v) is 2.85. The molecule has 0 aromatic heterocycles. The second kappa shape index (κ2) is 9.31. The molecule has 1 aliphatic rings. The summed E-state index contributed by atoms with van der Waals surface area (Å²) in [5.74, 6) is 0.797. The molecule has 0 N–H and O–H groups in total. The summed E-state index contributed by atoms with van der Waals surface area (Å²) in [6, 6.07) is -0.0506. The number of rotatable bonds is 8. The zero-order valence-electron chi connectivity index (χ0n) is 15.1. The first-order valence-corrected chi connectivity index (χ1v) is 8.63. The van der Waals surface area contributed by atoms with Crippen molar-refractivity contribution in [3.05, 3.63) is 12.2 Å². The van der Waals surface area contributed by atoms with Crippen LogP contribution in [0.2, 0.25) is 0 Å². The molecule has 0 aromatic rings. The van der Waals surface area contributed by atoms with Crippen molar-refractivity contribution in [2.75, 3.05) is 32.8 Å². The van der Waals surface area contributed by atoms with Gasteiger partial charge in [0.25, 0.3) is 0 Å². The molecule has 4 heteroatoms. The van der Waals surface area contributed by atoms with E-state index in [1.807, 2.05) is 25.7 Å². The van der Waals surface area contributed by atoms with E-state index in [9.17, 15) is 4.79 Å². The predicted molar refractivity (Wildman–Crippen MR) is 91.9 cm³/mol. The van der Waals surface area contributed by atoms with E-state index in [1.165, 1.54) is 0 Å². The van der Waals surface area contributed by atoms with Crippen molar-refractivity contribution in [1.29, 1.82) is 0 Å². The molecule has 1 aliphatic heterocycles. The highest BCUT2D eigenvalue weighted by Gasteiger charge is 2.29.